The predicted molar refractivity (Wildman–Crippen MR) is 65.4 cm³/mol. The molecular weight excluding hydrogens is 290 g/mol. The van der Waals surface area contributed by atoms with Gasteiger partial charge in [-0.1, -0.05) is 9.64 Å². The highest BCUT2D eigenvalue weighted by Crippen LogP contribution is 2.23. The molecular formula is C10H11F4NOS2. The Morgan fingerprint density at radius 1 is 1.39 bits per heavy atom. The number of benzene rings is 1. The number of nitrogens with one attached hydrogen (secondary N) is 1. The molecule has 1 aromatic carbocycles. The largest absolute Gasteiger partial charge is 0.484 e. The van der Waals surface area contributed by atoms with E-state index < -0.39 is 28.2 Å². The van der Waals surface area contributed by atoms with Gasteiger partial charge >= 0.3 is 6.18 Å². The van der Waals surface area contributed by atoms with Gasteiger partial charge in [0.15, 0.2) is 6.61 Å². The Morgan fingerprint density at radius 2 is 2.06 bits per heavy atom. The zero-order chi connectivity index (χ0) is 13.8. The Morgan fingerprint density at radius 3 is 2.61 bits per heavy atom. The topological polar surface area (TPSA) is 21.3 Å². The van der Waals surface area contributed by atoms with E-state index in [1.807, 2.05) is 0 Å². The Labute approximate surface area is 109 Å². The second-order valence-electron chi connectivity index (χ2n) is 3.43. The van der Waals surface area contributed by atoms with E-state index in [1.54, 1.807) is 6.26 Å². The molecule has 0 aliphatic heterocycles. The zero-order valence-corrected chi connectivity index (χ0v) is 11.0. The smallest absolute Gasteiger partial charge is 0.422 e. The lowest BCUT2D eigenvalue weighted by Crippen LogP contribution is -2.21. The van der Waals surface area contributed by atoms with E-state index in [0.717, 1.165) is 12.1 Å². The van der Waals surface area contributed by atoms with Crippen molar-refractivity contribution >= 4 is 20.8 Å². The predicted octanol–water partition coefficient (Wildman–Crippen LogP) is 2.48. The SMILES string of the molecule is CS(=S)NCc1cc(F)ccc1OCC(F)(F)F. The van der Waals surface area contributed by atoms with Crippen LogP contribution in [0.3, 0.4) is 0 Å². The summed E-state index contributed by atoms with van der Waals surface area (Å²) in [6.45, 7) is -1.24. The molecule has 1 unspecified atom stereocenters. The summed E-state index contributed by atoms with van der Waals surface area (Å²) in [5.74, 6) is -0.534. The molecule has 1 atom stereocenters. The summed E-state index contributed by atoms with van der Waals surface area (Å²) in [4.78, 5) is 0. The number of hydrogen-bond acceptors (Lipinski definition) is 2. The first-order valence-electron chi connectivity index (χ1n) is 4.83. The van der Waals surface area contributed by atoms with Crippen molar-refractivity contribution in [1.29, 1.82) is 0 Å². The van der Waals surface area contributed by atoms with Gasteiger partial charge in [-0.2, -0.15) is 13.2 Å². The van der Waals surface area contributed by atoms with Crippen LogP contribution in [0.4, 0.5) is 17.6 Å². The Bertz CT molecular complexity index is 436. The normalized spacial score (nSPS) is 13.4. The molecule has 1 rings (SSSR count). The van der Waals surface area contributed by atoms with E-state index >= 15 is 0 Å². The minimum Gasteiger partial charge on any atom is -0.484 e. The number of hydrogen-bond donors (Lipinski definition) is 1. The number of rotatable bonds is 5. The lowest BCUT2D eigenvalue weighted by molar-refractivity contribution is -0.153. The fourth-order valence-electron chi connectivity index (χ4n) is 1.17. The van der Waals surface area contributed by atoms with Crippen LogP contribution in [0.1, 0.15) is 5.56 Å². The molecule has 0 saturated heterocycles. The van der Waals surface area contributed by atoms with Crippen molar-refractivity contribution in [2.45, 2.75) is 12.7 Å². The molecule has 0 saturated carbocycles. The van der Waals surface area contributed by atoms with Gasteiger partial charge < -0.3 is 4.74 Å². The van der Waals surface area contributed by atoms with Gasteiger partial charge in [-0.15, -0.1) is 0 Å². The monoisotopic (exact) mass is 301 g/mol. The fraction of sp³-hybridized carbons (Fsp3) is 0.400. The van der Waals surface area contributed by atoms with Crippen molar-refractivity contribution in [3.05, 3.63) is 29.6 Å². The van der Waals surface area contributed by atoms with Crippen LogP contribution in [0.25, 0.3) is 0 Å². The molecule has 1 N–H and O–H groups in total. The molecule has 0 fully saturated rings. The Hall–Kier alpha value is -0.730. The van der Waals surface area contributed by atoms with Crippen LogP contribution < -0.4 is 9.46 Å². The Balaban J connectivity index is 2.79. The van der Waals surface area contributed by atoms with E-state index in [0.29, 0.717) is 5.56 Å². The van der Waals surface area contributed by atoms with Gasteiger partial charge in [-0.25, -0.2) is 4.39 Å². The summed E-state index contributed by atoms with van der Waals surface area (Å²) in [5, 5.41) is 0. The average Bonchev–Trinajstić information content (AvgIpc) is 2.23. The van der Waals surface area contributed by atoms with Crippen molar-refractivity contribution in [1.82, 2.24) is 4.72 Å². The molecule has 0 spiro atoms. The maximum atomic E-state index is 13.0. The van der Waals surface area contributed by atoms with Crippen LogP contribution >= 0.6 is 0 Å². The molecule has 1 aromatic rings. The molecule has 0 aliphatic carbocycles. The van der Waals surface area contributed by atoms with Crippen molar-refractivity contribution in [3.8, 4) is 5.75 Å². The van der Waals surface area contributed by atoms with Crippen molar-refractivity contribution < 1.29 is 22.3 Å². The van der Waals surface area contributed by atoms with Crippen molar-refractivity contribution in [2.75, 3.05) is 12.9 Å². The second-order valence-corrected chi connectivity index (χ2v) is 6.13. The van der Waals surface area contributed by atoms with Gasteiger partial charge in [-0.05, 0) is 35.6 Å². The highest BCUT2D eigenvalue weighted by atomic mass is 32.8. The third-order valence-electron chi connectivity index (χ3n) is 1.88. The van der Waals surface area contributed by atoms with Crippen LogP contribution in [0, 0.1) is 5.82 Å². The molecule has 0 bridgehead atoms. The van der Waals surface area contributed by atoms with Gasteiger partial charge in [0.2, 0.25) is 0 Å². The van der Waals surface area contributed by atoms with Gasteiger partial charge in [0.05, 0.1) is 0 Å². The van der Waals surface area contributed by atoms with E-state index in [2.05, 4.69) is 9.46 Å². The van der Waals surface area contributed by atoms with Crippen LogP contribution in [0.2, 0.25) is 0 Å². The lowest BCUT2D eigenvalue weighted by atomic mass is 10.2. The summed E-state index contributed by atoms with van der Waals surface area (Å²) >= 11 is 4.88. The van der Waals surface area contributed by atoms with Crippen LogP contribution in [0.5, 0.6) is 5.75 Å². The fourth-order valence-corrected chi connectivity index (χ4v) is 1.70. The molecule has 0 radical (unpaired) electrons. The summed E-state index contributed by atoms with van der Waals surface area (Å²) < 4.78 is 56.6. The number of halogens is 4. The maximum Gasteiger partial charge on any atom is 0.422 e. The average molecular weight is 301 g/mol. The Kier molecular flexibility index (Phi) is 5.48. The highest BCUT2D eigenvalue weighted by molar-refractivity contribution is 8.27. The highest BCUT2D eigenvalue weighted by Gasteiger charge is 2.28. The van der Waals surface area contributed by atoms with E-state index in [-0.39, 0.29) is 12.3 Å². The second kappa shape index (κ2) is 6.44. The third kappa shape index (κ3) is 5.74. The van der Waals surface area contributed by atoms with E-state index in [1.165, 1.54) is 6.07 Å². The molecule has 0 heterocycles. The minimum atomic E-state index is -4.42. The maximum absolute atomic E-state index is 13.0. The molecule has 0 aromatic heterocycles. The van der Waals surface area contributed by atoms with Crippen molar-refractivity contribution in [2.24, 2.45) is 0 Å². The molecule has 0 aliphatic rings. The van der Waals surface area contributed by atoms with E-state index in [9.17, 15) is 17.6 Å². The zero-order valence-electron chi connectivity index (χ0n) is 9.38. The van der Waals surface area contributed by atoms with Gasteiger partial charge in [0, 0.05) is 12.1 Å². The van der Waals surface area contributed by atoms with Gasteiger partial charge in [0.25, 0.3) is 0 Å². The standard InChI is InChI=1S/C10H11F4NOS2/c1-18(17)15-5-7-4-8(11)2-3-9(7)16-6-10(12,13)14/h2-4,15H,5-6H2,1H3. The number of alkyl halides is 3. The summed E-state index contributed by atoms with van der Waals surface area (Å²) in [5.41, 5.74) is 0.309. The molecule has 8 heteroatoms. The minimum absolute atomic E-state index is 0.00155. The number of ether oxygens (including phenoxy) is 1. The molecule has 18 heavy (non-hydrogen) atoms. The summed E-state index contributed by atoms with van der Waals surface area (Å²) in [7, 11) is -0.519. The molecule has 102 valence electrons. The van der Waals surface area contributed by atoms with Crippen LogP contribution in [-0.2, 0) is 27.4 Å². The van der Waals surface area contributed by atoms with E-state index in [4.69, 9.17) is 11.2 Å². The quantitative estimate of drug-likeness (QED) is 0.844. The first kappa shape index (κ1) is 15.3. The lowest BCUT2D eigenvalue weighted by Gasteiger charge is -2.13. The molecule has 2 nitrogen and oxygen atoms in total. The summed E-state index contributed by atoms with van der Waals surface area (Å²) in [6.07, 6.45) is -2.70. The summed E-state index contributed by atoms with van der Waals surface area (Å²) in [6, 6.07) is 3.35. The third-order valence-corrected chi connectivity index (χ3v) is 2.78. The van der Waals surface area contributed by atoms with Gasteiger partial charge in [0.1, 0.15) is 11.6 Å². The van der Waals surface area contributed by atoms with Gasteiger partial charge in [-0.3, -0.25) is 4.72 Å². The van der Waals surface area contributed by atoms with Crippen LogP contribution in [-0.4, -0.2) is 19.0 Å². The van der Waals surface area contributed by atoms with Crippen molar-refractivity contribution in [3.63, 3.8) is 0 Å². The molecule has 0 amide bonds. The van der Waals surface area contributed by atoms with Crippen LogP contribution in [0.15, 0.2) is 18.2 Å². The first-order chi connectivity index (χ1) is 8.28. The first-order valence-corrected chi connectivity index (χ1v) is 7.38.